The van der Waals surface area contributed by atoms with Crippen LogP contribution in [0.15, 0.2) is 43.0 Å². The Bertz CT molecular complexity index is 509. The van der Waals surface area contributed by atoms with Crippen LogP contribution in [0.3, 0.4) is 0 Å². The highest BCUT2D eigenvalue weighted by atomic mass is 16.4. The molecule has 0 fully saturated rings. The molecule has 0 amide bonds. The van der Waals surface area contributed by atoms with Gasteiger partial charge in [0.15, 0.2) is 0 Å². The third-order valence-corrected chi connectivity index (χ3v) is 2.63. The highest BCUT2D eigenvalue weighted by molar-refractivity contribution is 5.94. The molecule has 2 aromatic rings. The first-order valence-electron chi connectivity index (χ1n) is 5.79. The van der Waals surface area contributed by atoms with E-state index in [1.54, 1.807) is 30.7 Å². The van der Waals surface area contributed by atoms with Gasteiger partial charge in [0.2, 0.25) is 0 Å². The zero-order valence-electron chi connectivity index (χ0n) is 9.91. The van der Waals surface area contributed by atoms with Crippen molar-refractivity contribution in [2.24, 2.45) is 0 Å². The molecule has 0 aliphatic heterocycles. The number of imidazole rings is 1. The van der Waals surface area contributed by atoms with Crippen molar-refractivity contribution in [1.29, 1.82) is 0 Å². The van der Waals surface area contributed by atoms with Crippen molar-refractivity contribution < 1.29 is 9.90 Å². The number of hydrogen-bond acceptors (Lipinski definition) is 3. The van der Waals surface area contributed by atoms with Crippen molar-refractivity contribution in [2.45, 2.75) is 13.0 Å². The lowest BCUT2D eigenvalue weighted by Gasteiger charge is -2.09. The van der Waals surface area contributed by atoms with E-state index < -0.39 is 5.97 Å². The van der Waals surface area contributed by atoms with Gasteiger partial charge >= 0.3 is 5.97 Å². The Kier molecular flexibility index (Phi) is 3.96. The number of rotatable bonds is 6. The van der Waals surface area contributed by atoms with Gasteiger partial charge < -0.3 is 15.0 Å². The maximum atomic E-state index is 11.0. The molecule has 1 heterocycles. The fourth-order valence-corrected chi connectivity index (χ4v) is 1.73. The van der Waals surface area contributed by atoms with E-state index in [9.17, 15) is 4.79 Å². The topological polar surface area (TPSA) is 67.2 Å². The molecule has 5 nitrogen and oxygen atoms in total. The number of aryl methyl sites for hydroxylation is 1. The monoisotopic (exact) mass is 245 g/mol. The number of aromatic nitrogens is 2. The normalized spacial score (nSPS) is 10.2. The summed E-state index contributed by atoms with van der Waals surface area (Å²) in [5.74, 6) is -0.910. The standard InChI is InChI=1S/C13H15N3O2/c17-13(18)11-4-1-2-5-12(11)15-6-3-8-16-9-7-14-10-16/h1-2,4-5,7,9-10,15H,3,6,8H2,(H,17,18). The van der Waals surface area contributed by atoms with Gasteiger partial charge in [-0.3, -0.25) is 0 Å². The van der Waals surface area contributed by atoms with Gasteiger partial charge in [-0.15, -0.1) is 0 Å². The average Bonchev–Trinajstić information content (AvgIpc) is 2.88. The summed E-state index contributed by atoms with van der Waals surface area (Å²) < 4.78 is 1.99. The van der Waals surface area contributed by atoms with Crippen LogP contribution in [0.2, 0.25) is 0 Å². The summed E-state index contributed by atoms with van der Waals surface area (Å²) in [4.78, 5) is 15.0. The Morgan fingerprint density at radius 3 is 2.94 bits per heavy atom. The highest BCUT2D eigenvalue weighted by Crippen LogP contribution is 2.14. The highest BCUT2D eigenvalue weighted by Gasteiger charge is 2.07. The molecule has 18 heavy (non-hydrogen) atoms. The Labute approximate surface area is 105 Å². The van der Waals surface area contributed by atoms with Gasteiger partial charge in [-0.25, -0.2) is 9.78 Å². The van der Waals surface area contributed by atoms with Crippen molar-refractivity contribution in [3.05, 3.63) is 48.5 Å². The zero-order valence-corrected chi connectivity index (χ0v) is 9.91. The quantitative estimate of drug-likeness (QED) is 0.765. The van der Waals surface area contributed by atoms with E-state index in [4.69, 9.17) is 5.11 Å². The van der Waals surface area contributed by atoms with Crippen LogP contribution in [0.1, 0.15) is 16.8 Å². The predicted molar refractivity (Wildman–Crippen MR) is 68.7 cm³/mol. The second kappa shape index (κ2) is 5.86. The van der Waals surface area contributed by atoms with Gasteiger partial charge in [0.1, 0.15) is 0 Å². The molecule has 1 aromatic heterocycles. The molecular weight excluding hydrogens is 230 g/mol. The number of carboxylic acids is 1. The van der Waals surface area contributed by atoms with Crippen LogP contribution in [0.5, 0.6) is 0 Å². The summed E-state index contributed by atoms with van der Waals surface area (Å²) >= 11 is 0. The summed E-state index contributed by atoms with van der Waals surface area (Å²) in [6, 6.07) is 6.92. The van der Waals surface area contributed by atoms with Crippen LogP contribution in [0.25, 0.3) is 0 Å². The first-order chi connectivity index (χ1) is 8.77. The number of carboxylic acid groups (broad SMARTS) is 1. The molecule has 1 aromatic carbocycles. The number of aromatic carboxylic acids is 1. The largest absolute Gasteiger partial charge is 0.478 e. The Morgan fingerprint density at radius 2 is 2.22 bits per heavy atom. The van der Waals surface area contributed by atoms with Crippen LogP contribution in [0, 0.1) is 0 Å². The van der Waals surface area contributed by atoms with Crippen molar-refractivity contribution in [2.75, 3.05) is 11.9 Å². The van der Waals surface area contributed by atoms with Crippen molar-refractivity contribution in [3.8, 4) is 0 Å². The average molecular weight is 245 g/mol. The Morgan fingerprint density at radius 1 is 1.39 bits per heavy atom. The van der Waals surface area contributed by atoms with E-state index in [1.165, 1.54) is 0 Å². The van der Waals surface area contributed by atoms with E-state index in [0.717, 1.165) is 19.5 Å². The van der Waals surface area contributed by atoms with E-state index in [-0.39, 0.29) is 0 Å². The Balaban J connectivity index is 1.85. The minimum absolute atomic E-state index is 0.306. The van der Waals surface area contributed by atoms with Gasteiger partial charge in [0.05, 0.1) is 11.9 Å². The van der Waals surface area contributed by atoms with Crippen LogP contribution in [0.4, 0.5) is 5.69 Å². The summed E-state index contributed by atoms with van der Waals surface area (Å²) in [7, 11) is 0. The predicted octanol–water partition coefficient (Wildman–Crippen LogP) is 2.08. The first-order valence-corrected chi connectivity index (χ1v) is 5.79. The second-order valence-corrected chi connectivity index (χ2v) is 3.93. The van der Waals surface area contributed by atoms with Crippen LogP contribution < -0.4 is 5.32 Å². The molecule has 0 radical (unpaired) electrons. The van der Waals surface area contributed by atoms with Gasteiger partial charge in [-0.1, -0.05) is 12.1 Å². The fourth-order valence-electron chi connectivity index (χ4n) is 1.73. The molecule has 0 atom stereocenters. The minimum Gasteiger partial charge on any atom is -0.478 e. The smallest absolute Gasteiger partial charge is 0.337 e. The lowest BCUT2D eigenvalue weighted by molar-refractivity contribution is 0.0698. The fraction of sp³-hybridized carbons (Fsp3) is 0.231. The Hall–Kier alpha value is -2.30. The molecule has 2 N–H and O–H groups in total. The molecular formula is C13H15N3O2. The minimum atomic E-state index is -0.910. The number of para-hydroxylation sites is 1. The van der Waals surface area contributed by atoms with Crippen LogP contribution >= 0.6 is 0 Å². The summed E-state index contributed by atoms with van der Waals surface area (Å²) in [6.45, 7) is 1.59. The molecule has 2 rings (SSSR count). The maximum Gasteiger partial charge on any atom is 0.337 e. The lowest BCUT2D eigenvalue weighted by Crippen LogP contribution is -2.09. The summed E-state index contributed by atoms with van der Waals surface area (Å²) in [5, 5.41) is 12.2. The maximum absolute atomic E-state index is 11.0. The molecule has 5 heteroatoms. The number of nitrogens with zero attached hydrogens (tertiary/aromatic N) is 2. The molecule has 0 spiro atoms. The van der Waals surface area contributed by atoms with E-state index in [2.05, 4.69) is 10.3 Å². The van der Waals surface area contributed by atoms with Crippen molar-refractivity contribution in [1.82, 2.24) is 9.55 Å². The van der Waals surface area contributed by atoms with E-state index in [0.29, 0.717) is 11.3 Å². The lowest BCUT2D eigenvalue weighted by atomic mass is 10.2. The van der Waals surface area contributed by atoms with Gasteiger partial charge in [0, 0.05) is 31.2 Å². The van der Waals surface area contributed by atoms with E-state index in [1.807, 2.05) is 16.8 Å². The van der Waals surface area contributed by atoms with E-state index >= 15 is 0 Å². The molecule has 0 aliphatic rings. The number of benzene rings is 1. The summed E-state index contributed by atoms with van der Waals surface area (Å²) in [5.41, 5.74) is 0.968. The third-order valence-electron chi connectivity index (χ3n) is 2.63. The SMILES string of the molecule is O=C(O)c1ccccc1NCCCn1ccnc1. The molecule has 0 aliphatic carbocycles. The molecule has 0 unspecified atom stereocenters. The molecule has 0 saturated heterocycles. The second-order valence-electron chi connectivity index (χ2n) is 3.93. The number of nitrogens with one attached hydrogen (secondary N) is 1. The van der Waals surface area contributed by atoms with Gasteiger partial charge in [0.25, 0.3) is 0 Å². The van der Waals surface area contributed by atoms with Crippen LogP contribution in [-0.2, 0) is 6.54 Å². The number of carbonyl (C=O) groups is 1. The number of anilines is 1. The van der Waals surface area contributed by atoms with Gasteiger partial charge in [-0.05, 0) is 18.6 Å². The van der Waals surface area contributed by atoms with Crippen molar-refractivity contribution >= 4 is 11.7 Å². The molecule has 0 saturated carbocycles. The summed E-state index contributed by atoms with van der Waals surface area (Å²) in [6.07, 6.45) is 6.33. The zero-order chi connectivity index (χ0) is 12.8. The molecule has 94 valence electrons. The van der Waals surface area contributed by atoms with Crippen LogP contribution in [-0.4, -0.2) is 27.2 Å². The third kappa shape index (κ3) is 3.10. The first kappa shape index (κ1) is 12.2. The van der Waals surface area contributed by atoms with Gasteiger partial charge in [-0.2, -0.15) is 0 Å². The van der Waals surface area contributed by atoms with Crippen molar-refractivity contribution in [3.63, 3.8) is 0 Å². The molecule has 0 bridgehead atoms. The number of hydrogen-bond donors (Lipinski definition) is 2.